The summed E-state index contributed by atoms with van der Waals surface area (Å²) in [7, 11) is 0. The summed E-state index contributed by atoms with van der Waals surface area (Å²) in [6.07, 6.45) is 0. The molecule has 0 spiro atoms. The Morgan fingerprint density at radius 1 is 1.16 bits per heavy atom. The molecular weight excluding hydrogens is 319 g/mol. The third kappa shape index (κ3) is 2.46. The van der Waals surface area contributed by atoms with Crippen molar-refractivity contribution in [3.63, 3.8) is 0 Å². The van der Waals surface area contributed by atoms with E-state index in [-0.39, 0.29) is 24.0 Å². The Morgan fingerprint density at radius 2 is 1.84 bits per heavy atom. The molecule has 25 heavy (non-hydrogen) atoms. The van der Waals surface area contributed by atoms with Crippen molar-refractivity contribution in [3.05, 3.63) is 64.9 Å². The van der Waals surface area contributed by atoms with Crippen LogP contribution in [0.25, 0.3) is 16.6 Å². The molecule has 6 heteroatoms. The largest absolute Gasteiger partial charge is 0.509 e. The Labute approximate surface area is 143 Å². The first-order valence-electron chi connectivity index (χ1n) is 7.95. The van der Waals surface area contributed by atoms with Crippen LogP contribution >= 0.6 is 0 Å². The quantitative estimate of drug-likeness (QED) is 0.660. The molecular formula is C19H17FN4O. The summed E-state index contributed by atoms with van der Waals surface area (Å²) in [4.78, 5) is 9.35. The lowest BCUT2D eigenvalue weighted by atomic mass is 10.1. The highest BCUT2D eigenvalue weighted by atomic mass is 19.1. The summed E-state index contributed by atoms with van der Waals surface area (Å²) >= 11 is 0. The lowest BCUT2D eigenvalue weighted by Crippen LogP contribution is -2.26. The fourth-order valence-electron chi connectivity index (χ4n) is 3.06. The number of hydrogen-bond donors (Lipinski definition) is 3. The number of fused-ring (bicyclic) bond motifs is 1. The van der Waals surface area contributed by atoms with Crippen molar-refractivity contribution in [1.29, 1.82) is 5.41 Å². The van der Waals surface area contributed by atoms with Gasteiger partial charge in [0.2, 0.25) is 0 Å². The molecule has 1 aliphatic rings. The predicted octanol–water partition coefficient (Wildman–Crippen LogP) is 4.09. The topological polar surface area (TPSA) is 76.0 Å². The molecule has 126 valence electrons. The number of H-pyrrole nitrogens is 1. The predicted molar refractivity (Wildman–Crippen MR) is 96.6 cm³/mol. The molecule has 3 aromatic rings. The molecule has 0 atom stereocenters. The molecule has 0 unspecified atom stereocenters. The lowest BCUT2D eigenvalue weighted by Gasteiger charge is -2.18. The number of nitrogens with one attached hydrogen (secondary N) is 2. The summed E-state index contributed by atoms with van der Waals surface area (Å²) in [5, 5.41) is 18.8. The number of aromatic nitrogens is 2. The first kappa shape index (κ1) is 15.4. The van der Waals surface area contributed by atoms with Crippen molar-refractivity contribution in [1.82, 2.24) is 9.97 Å². The third-order valence-corrected chi connectivity index (χ3v) is 4.58. The Balaban J connectivity index is 1.74. The number of halogens is 1. The monoisotopic (exact) mass is 336 g/mol. The third-order valence-electron chi connectivity index (χ3n) is 4.58. The summed E-state index contributed by atoms with van der Waals surface area (Å²) in [6, 6.07) is 9.85. The van der Waals surface area contributed by atoms with Crippen LogP contribution in [0.2, 0.25) is 0 Å². The second-order valence-corrected chi connectivity index (χ2v) is 6.27. The van der Waals surface area contributed by atoms with Crippen molar-refractivity contribution in [3.8, 4) is 0 Å². The number of aliphatic hydroxyl groups is 1. The minimum atomic E-state index is -0.338. The number of anilines is 1. The smallest absolute Gasteiger partial charge is 0.145 e. The molecule has 5 nitrogen and oxygen atoms in total. The maximum Gasteiger partial charge on any atom is 0.145 e. The normalized spacial score (nSPS) is 14.8. The molecule has 3 N–H and O–H groups in total. The van der Waals surface area contributed by atoms with E-state index in [9.17, 15) is 9.50 Å². The Kier molecular flexibility index (Phi) is 3.35. The number of benzene rings is 2. The van der Waals surface area contributed by atoms with Gasteiger partial charge in [-0.25, -0.2) is 9.37 Å². The van der Waals surface area contributed by atoms with Crippen molar-refractivity contribution < 1.29 is 9.50 Å². The second-order valence-electron chi connectivity index (χ2n) is 6.27. The number of aromatic amines is 1. The number of rotatable bonds is 2. The van der Waals surface area contributed by atoms with E-state index in [1.165, 1.54) is 12.1 Å². The highest BCUT2D eigenvalue weighted by Gasteiger charge is 2.31. The zero-order chi connectivity index (χ0) is 17.7. The van der Waals surface area contributed by atoms with E-state index in [0.29, 0.717) is 17.1 Å². The van der Waals surface area contributed by atoms with Gasteiger partial charge in [-0.2, -0.15) is 0 Å². The highest BCUT2D eigenvalue weighted by molar-refractivity contribution is 6.30. The molecule has 2 aromatic carbocycles. The van der Waals surface area contributed by atoms with E-state index in [0.717, 1.165) is 22.2 Å². The number of hydrogen-bond acceptors (Lipinski definition) is 3. The average molecular weight is 336 g/mol. The molecule has 0 bridgehead atoms. The average Bonchev–Trinajstić information content (AvgIpc) is 3.09. The van der Waals surface area contributed by atoms with Crippen LogP contribution in [-0.4, -0.2) is 27.5 Å². The summed E-state index contributed by atoms with van der Waals surface area (Å²) in [6.45, 7) is 4.21. The van der Waals surface area contributed by atoms with Crippen LogP contribution in [-0.2, 0) is 0 Å². The van der Waals surface area contributed by atoms with Crippen LogP contribution in [0, 0.1) is 25.1 Å². The number of nitrogens with zero attached hydrogens (tertiary/aromatic N) is 2. The first-order valence-corrected chi connectivity index (χ1v) is 7.95. The van der Waals surface area contributed by atoms with E-state index < -0.39 is 0 Å². The van der Waals surface area contributed by atoms with Crippen LogP contribution in [0.1, 0.15) is 17.0 Å². The SMILES string of the molecule is Cc1cc2nc(C3=C(O)CN(c4ccc(F)cc4)C3=N)[nH]c2cc1C. The number of imidazole rings is 1. The van der Waals surface area contributed by atoms with Crippen molar-refractivity contribution in [2.45, 2.75) is 13.8 Å². The highest BCUT2D eigenvalue weighted by Crippen LogP contribution is 2.31. The molecule has 1 aromatic heterocycles. The zero-order valence-electron chi connectivity index (χ0n) is 13.9. The van der Waals surface area contributed by atoms with Gasteiger partial charge in [0.15, 0.2) is 0 Å². The summed E-state index contributed by atoms with van der Waals surface area (Å²) in [5.74, 6) is 0.334. The Bertz CT molecular complexity index is 995. The van der Waals surface area contributed by atoms with Crippen LogP contribution in [0.15, 0.2) is 42.2 Å². The van der Waals surface area contributed by atoms with Gasteiger partial charge in [0.05, 0.1) is 23.2 Å². The molecule has 0 aliphatic carbocycles. The van der Waals surface area contributed by atoms with Gasteiger partial charge in [-0.15, -0.1) is 0 Å². The number of aryl methyl sites for hydroxylation is 2. The number of aliphatic hydroxyl groups excluding tert-OH is 1. The molecule has 0 saturated heterocycles. The molecule has 0 fully saturated rings. The Morgan fingerprint density at radius 3 is 2.56 bits per heavy atom. The van der Waals surface area contributed by atoms with E-state index >= 15 is 0 Å². The molecule has 0 amide bonds. The maximum absolute atomic E-state index is 13.1. The van der Waals surface area contributed by atoms with Crippen LogP contribution < -0.4 is 4.90 Å². The van der Waals surface area contributed by atoms with Gasteiger partial charge in [-0.1, -0.05) is 0 Å². The Hall–Kier alpha value is -3.15. The molecule has 0 saturated carbocycles. The summed E-state index contributed by atoms with van der Waals surface area (Å²) in [5.41, 5.74) is 4.97. The fraction of sp³-hybridized carbons (Fsp3) is 0.158. The van der Waals surface area contributed by atoms with Crippen LogP contribution in [0.5, 0.6) is 0 Å². The lowest BCUT2D eigenvalue weighted by molar-refractivity contribution is 0.411. The van der Waals surface area contributed by atoms with E-state index in [1.54, 1.807) is 17.0 Å². The van der Waals surface area contributed by atoms with E-state index in [4.69, 9.17) is 5.41 Å². The molecule has 2 heterocycles. The van der Waals surface area contributed by atoms with E-state index in [1.807, 2.05) is 26.0 Å². The van der Waals surface area contributed by atoms with Crippen LogP contribution in [0.4, 0.5) is 10.1 Å². The van der Waals surface area contributed by atoms with Crippen molar-refractivity contribution in [2.75, 3.05) is 11.4 Å². The van der Waals surface area contributed by atoms with E-state index in [2.05, 4.69) is 9.97 Å². The van der Waals surface area contributed by atoms with Crippen molar-refractivity contribution in [2.24, 2.45) is 0 Å². The maximum atomic E-state index is 13.1. The van der Waals surface area contributed by atoms with Gasteiger partial charge in [0.25, 0.3) is 0 Å². The first-order chi connectivity index (χ1) is 11.9. The van der Waals surface area contributed by atoms with Gasteiger partial charge in [0.1, 0.15) is 23.2 Å². The van der Waals surface area contributed by atoms with Gasteiger partial charge in [-0.05, 0) is 61.4 Å². The van der Waals surface area contributed by atoms with Gasteiger partial charge in [0, 0.05) is 5.69 Å². The standard InChI is InChI=1S/C19H17FN4O/c1-10-7-14-15(8-11(10)2)23-19(22-14)17-16(25)9-24(18(17)21)13-5-3-12(20)4-6-13/h3-8,21,25H,9H2,1-2H3,(H,22,23). The number of amidine groups is 1. The zero-order valence-corrected chi connectivity index (χ0v) is 13.9. The van der Waals surface area contributed by atoms with Gasteiger partial charge >= 0.3 is 0 Å². The second kappa shape index (κ2) is 5.44. The minimum absolute atomic E-state index is 0.0711. The molecule has 4 rings (SSSR count). The van der Waals surface area contributed by atoms with Crippen molar-refractivity contribution >= 4 is 28.1 Å². The van der Waals surface area contributed by atoms with Gasteiger partial charge in [-0.3, -0.25) is 5.41 Å². The minimum Gasteiger partial charge on any atom is -0.509 e. The molecule has 1 aliphatic heterocycles. The summed E-state index contributed by atoms with van der Waals surface area (Å²) < 4.78 is 13.1. The molecule has 0 radical (unpaired) electrons. The fourth-order valence-corrected chi connectivity index (χ4v) is 3.06. The van der Waals surface area contributed by atoms with Gasteiger partial charge < -0.3 is 15.0 Å². The van der Waals surface area contributed by atoms with Crippen LogP contribution in [0.3, 0.4) is 0 Å².